The van der Waals surface area contributed by atoms with E-state index in [1.54, 1.807) is 20.8 Å². The molecule has 0 aliphatic heterocycles. The summed E-state index contributed by atoms with van der Waals surface area (Å²) in [5.74, 6) is -5.31. The summed E-state index contributed by atoms with van der Waals surface area (Å²) >= 11 is 0. The number of carboxylic acid groups (broad SMARTS) is 1. The first-order chi connectivity index (χ1) is 13.8. The van der Waals surface area contributed by atoms with Gasteiger partial charge in [-0.3, -0.25) is 19.2 Å². The summed E-state index contributed by atoms with van der Waals surface area (Å²) in [5, 5.41) is 24.9. The fraction of sp³-hybridized carbons (Fsp3) is 0.722. The van der Waals surface area contributed by atoms with E-state index in [0.717, 1.165) is 0 Å². The highest BCUT2D eigenvalue weighted by molar-refractivity contribution is 5.96. The van der Waals surface area contributed by atoms with Crippen molar-refractivity contribution in [3.63, 3.8) is 0 Å². The zero-order valence-electron chi connectivity index (χ0n) is 17.7. The summed E-state index contributed by atoms with van der Waals surface area (Å²) in [6.07, 6.45) is 0.0953. The molecule has 0 saturated carbocycles. The zero-order valence-corrected chi connectivity index (χ0v) is 17.7. The molecule has 0 aliphatic rings. The largest absolute Gasteiger partial charge is 0.480 e. The van der Waals surface area contributed by atoms with Gasteiger partial charge in [-0.1, -0.05) is 34.1 Å². The van der Waals surface area contributed by atoms with Gasteiger partial charge in [-0.2, -0.15) is 0 Å². The third kappa shape index (κ3) is 8.74. The standard InChI is InChI=1S/C18H33N5O7/c1-5-9(4)13(20)16(27)21-10(6-12(19)25)15(26)23-14(8(2)3)17(28)22-11(7-24)18(29)30/h8-11,13-14,24H,5-7,20H2,1-4H3,(H2,19,25)(H,21,27)(H,22,28)(H,23,26)(H,29,30). The van der Waals surface area contributed by atoms with Crippen molar-refractivity contribution in [2.45, 2.75) is 64.7 Å². The van der Waals surface area contributed by atoms with Crippen LogP contribution in [0.5, 0.6) is 0 Å². The first kappa shape index (κ1) is 27.3. The van der Waals surface area contributed by atoms with E-state index in [2.05, 4.69) is 16.0 Å². The van der Waals surface area contributed by atoms with Gasteiger partial charge in [0.1, 0.15) is 18.1 Å². The lowest BCUT2D eigenvalue weighted by molar-refractivity contribution is -0.143. The molecular weight excluding hydrogens is 398 g/mol. The van der Waals surface area contributed by atoms with Gasteiger partial charge in [0.15, 0.2) is 0 Å². The van der Waals surface area contributed by atoms with Crippen molar-refractivity contribution in [3.8, 4) is 0 Å². The van der Waals surface area contributed by atoms with Crippen LogP contribution in [0.15, 0.2) is 0 Å². The molecule has 9 N–H and O–H groups in total. The van der Waals surface area contributed by atoms with E-state index in [-0.39, 0.29) is 5.92 Å². The maximum absolute atomic E-state index is 12.7. The van der Waals surface area contributed by atoms with Crippen LogP contribution in [0.25, 0.3) is 0 Å². The Kier molecular flexibility index (Phi) is 11.6. The van der Waals surface area contributed by atoms with Gasteiger partial charge in [-0.15, -0.1) is 0 Å². The third-order valence-corrected chi connectivity index (χ3v) is 4.64. The number of carboxylic acids is 1. The van der Waals surface area contributed by atoms with Crippen LogP contribution in [0.3, 0.4) is 0 Å². The molecule has 12 heteroatoms. The van der Waals surface area contributed by atoms with E-state index in [1.807, 2.05) is 6.92 Å². The average Bonchev–Trinajstić information content (AvgIpc) is 2.66. The smallest absolute Gasteiger partial charge is 0.328 e. The fourth-order valence-corrected chi connectivity index (χ4v) is 2.43. The zero-order chi connectivity index (χ0) is 23.6. The molecule has 0 bridgehead atoms. The number of aliphatic carboxylic acids is 1. The maximum atomic E-state index is 12.7. The molecule has 30 heavy (non-hydrogen) atoms. The van der Waals surface area contributed by atoms with E-state index >= 15 is 0 Å². The summed E-state index contributed by atoms with van der Waals surface area (Å²) in [7, 11) is 0. The second-order valence-corrected chi connectivity index (χ2v) is 7.46. The predicted molar refractivity (Wildman–Crippen MR) is 107 cm³/mol. The molecule has 0 fully saturated rings. The lowest BCUT2D eigenvalue weighted by Crippen LogP contribution is -2.59. The molecule has 0 aliphatic carbocycles. The molecule has 5 atom stereocenters. The molecule has 12 nitrogen and oxygen atoms in total. The number of hydrogen-bond acceptors (Lipinski definition) is 7. The molecule has 5 unspecified atom stereocenters. The van der Waals surface area contributed by atoms with E-state index in [4.69, 9.17) is 21.7 Å². The molecule has 172 valence electrons. The van der Waals surface area contributed by atoms with Crippen molar-refractivity contribution in [1.82, 2.24) is 16.0 Å². The highest BCUT2D eigenvalue weighted by Gasteiger charge is 2.32. The minimum absolute atomic E-state index is 0.178. The Morgan fingerprint density at radius 1 is 0.900 bits per heavy atom. The number of amides is 4. The second-order valence-electron chi connectivity index (χ2n) is 7.46. The Morgan fingerprint density at radius 2 is 1.43 bits per heavy atom. The monoisotopic (exact) mass is 431 g/mol. The van der Waals surface area contributed by atoms with Crippen molar-refractivity contribution >= 4 is 29.6 Å². The van der Waals surface area contributed by atoms with Crippen molar-refractivity contribution < 1.29 is 34.2 Å². The van der Waals surface area contributed by atoms with Crippen molar-refractivity contribution in [3.05, 3.63) is 0 Å². The molecule has 0 radical (unpaired) electrons. The van der Waals surface area contributed by atoms with Crippen LogP contribution in [0.4, 0.5) is 0 Å². The number of carbonyl (C=O) groups excluding carboxylic acids is 4. The van der Waals surface area contributed by atoms with Gasteiger partial charge >= 0.3 is 5.97 Å². The lowest BCUT2D eigenvalue weighted by atomic mass is 9.98. The summed E-state index contributed by atoms with van der Waals surface area (Å²) in [6.45, 7) is 5.95. The van der Waals surface area contributed by atoms with Crippen LogP contribution in [-0.4, -0.2) is 70.6 Å². The van der Waals surface area contributed by atoms with E-state index < -0.39 is 72.7 Å². The molecule has 0 aromatic rings. The Hall–Kier alpha value is -2.73. The summed E-state index contributed by atoms with van der Waals surface area (Å²) in [6, 6.07) is -5.03. The summed E-state index contributed by atoms with van der Waals surface area (Å²) in [5.41, 5.74) is 11.0. The Morgan fingerprint density at radius 3 is 1.83 bits per heavy atom. The van der Waals surface area contributed by atoms with Crippen LogP contribution >= 0.6 is 0 Å². The minimum Gasteiger partial charge on any atom is -0.480 e. The Bertz CT molecular complexity index is 640. The Labute approximate surface area is 175 Å². The number of carbonyl (C=O) groups is 5. The van der Waals surface area contributed by atoms with Crippen LogP contribution < -0.4 is 27.4 Å². The van der Waals surface area contributed by atoms with Gasteiger partial charge < -0.3 is 37.6 Å². The number of nitrogens with one attached hydrogen (secondary N) is 3. The molecule has 0 heterocycles. The molecular formula is C18H33N5O7. The van der Waals surface area contributed by atoms with Gasteiger partial charge in [0.05, 0.1) is 19.1 Å². The van der Waals surface area contributed by atoms with E-state index in [9.17, 15) is 24.0 Å². The molecule has 0 rings (SSSR count). The highest BCUT2D eigenvalue weighted by atomic mass is 16.4. The number of aliphatic hydroxyl groups is 1. The van der Waals surface area contributed by atoms with Gasteiger partial charge in [0.25, 0.3) is 0 Å². The van der Waals surface area contributed by atoms with Crippen molar-refractivity contribution in [2.75, 3.05) is 6.61 Å². The number of nitrogens with two attached hydrogens (primary N) is 2. The van der Waals surface area contributed by atoms with Gasteiger partial charge in [0.2, 0.25) is 23.6 Å². The quantitative estimate of drug-likeness (QED) is 0.164. The minimum atomic E-state index is -1.55. The Balaban J connectivity index is 5.40. The van der Waals surface area contributed by atoms with Crippen LogP contribution in [-0.2, 0) is 24.0 Å². The molecule has 0 aromatic carbocycles. The number of hydrogen-bond donors (Lipinski definition) is 7. The summed E-state index contributed by atoms with van der Waals surface area (Å²) < 4.78 is 0. The van der Waals surface area contributed by atoms with E-state index in [1.165, 1.54) is 0 Å². The average molecular weight is 431 g/mol. The van der Waals surface area contributed by atoms with Crippen molar-refractivity contribution in [1.29, 1.82) is 0 Å². The van der Waals surface area contributed by atoms with Crippen LogP contribution in [0.1, 0.15) is 40.5 Å². The molecule has 0 spiro atoms. The number of rotatable bonds is 13. The van der Waals surface area contributed by atoms with Gasteiger partial charge in [-0.05, 0) is 11.8 Å². The number of primary amides is 1. The maximum Gasteiger partial charge on any atom is 0.328 e. The summed E-state index contributed by atoms with van der Waals surface area (Å²) in [4.78, 5) is 59.7. The van der Waals surface area contributed by atoms with Crippen LogP contribution in [0.2, 0.25) is 0 Å². The van der Waals surface area contributed by atoms with Crippen molar-refractivity contribution in [2.24, 2.45) is 23.3 Å². The van der Waals surface area contributed by atoms with Gasteiger partial charge in [-0.25, -0.2) is 4.79 Å². The fourth-order valence-electron chi connectivity index (χ4n) is 2.43. The SMILES string of the molecule is CCC(C)C(N)C(=O)NC(CC(N)=O)C(=O)NC(C(=O)NC(CO)C(=O)O)C(C)C. The molecule has 0 saturated heterocycles. The highest BCUT2D eigenvalue weighted by Crippen LogP contribution is 2.07. The first-order valence-corrected chi connectivity index (χ1v) is 9.64. The lowest BCUT2D eigenvalue weighted by Gasteiger charge is -2.27. The molecule has 4 amide bonds. The second kappa shape index (κ2) is 12.8. The van der Waals surface area contributed by atoms with Gasteiger partial charge in [0, 0.05) is 0 Å². The number of aliphatic hydroxyl groups excluding tert-OH is 1. The molecule has 0 aromatic heterocycles. The normalized spacial score (nSPS) is 16.0. The predicted octanol–water partition coefficient (Wildman–Crippen LogP) is -2.58. The third-order valence-electron chi connectivity index (χ3n) is 4.64. The van der Waals surface area contributed by atoms with Crippen LogP contribution in [0, 0.1) is 11.8 Å². The van der Waals surface area contributed by atoms with E-state index in [0.29, 0.717) is 6.42 Å². The topological polar surface area (TPSA) is 214 Å². The first-order valence-electron chi connectivity index (χ1n) is 9.64.